The van der Waals surface area contributed by atoms with Crippen LogP contribution >= 0.6 is 22.6 Å². The van der Waals surface area contributed by atoms with Crippen LogP contribution in [0.2, 0.25) is 0 Å². The van der Waals surface area contributed by atoms with Crippen molar-refractivity contribution < 1.29 is 31.1 Å². The number of para-hydroxylation sites is 1. The van der Waals surface area contributed by atoms with E-state index in [0.29, 0.717) is 0 Å². The van der Waals surface area contributed by atoms with Crippen LogP contribution in [0.1, 0.15) is 5.56 Å². The van der Waals surface area contributed by atoms with Crippen molar-refractivity contribution in [3.63, 3.8) is 0 Å². The van der Waals surface area contributed by atoms with Crippen LogP contribution in [0.25, 0.3) is 0 Å². The van der Waals surface area contributed by atoms with Gasteiger partial charge in [0.25, 0.3) is 0 Å². The Hall–Kier alpha value is -1.45. The SMILES string of the molecule is FC(F)(F)Oc1ccccc1.FC(F)(F)c1ccc(I)cc1. The Morgan fingerprint density at radius 3 is 1.64 bits per heavy atom. The zero-order valence-corrected chi connectivity index (χ0v) is 12.9. The average Bonchev–Trinajstić information content (AvgIpc) is 2.38. The molecule has 1 nitrogen and oxygen atoms in total. The molecule has 0 aliphatic carbocycles. The number of hydrogen-bond donors (Lipinski definition) is 0. The van der Waals surface area contributed by atoms with Gasteiger partial charge in [0.1, 0.15) is 5.75 Å². The molecule has 0 N–H and O–H groups in total. The summed E-state index contributed by atoms with van der Waals surface area (Å²) in [4.78, 5) is 0. The summed E-state index contributed by atoms with van der Waals surface area (Å²) >= 11 is 1.96. The second-order valence-electron chi connectivity index (χ2n) is 3.87. The summed E-state index contributed by atoms with van der Waals surface area (Å²) in [5, 5.41) is 0. The number of benzene rings is 2. The molecule has 2 aromatic rings. The van der Waals surface area contributed by atoms with E-state index in [1.165, 1.54) is 36.4 Å². The summed E-state index contributed by atoms with van der Waals surface area (Å²) in [5.74, 6) is -0.194. The summed E-state index contributed by atoms with van der Waals surface area (Å²) in [6, 6.07) is 12.1. The molecule has 0 atom stereocenters. The Bertz CT molecular complexity index is 563. The van der Waals surface area contributed by atoms with E-state index in [0.717, 1.165) is 15.7 Å². The molecular weight excluding hydrogens is 425 g/mol. The van der Waals surface area contributed by atoms with Gasteiger partial charge in [-0.15, -0.1) is 13.2 Å². The third-order valence-electron chi connectivity index (χ3n) is 2.15. The molecule has 0 radical (unpaired) electrons. The van der Waals surface area contributed by atoms with E-state index in [2.05, 4.69) is 4.74 Å². The molecule has 8 heteroatoms. The van der Waals surface area contributed by atoms with Gasteiger partial charge in [0, 0.05) is 3.57 Å². The largest absolute Gasteiger partial charge is 0.573 e. The fraction of sp³-hybridized carbons (Fsp3) is 0.143. The summed E-state index contributed by atoms with van der Waals surface area (Å²) < 4.78 is 74.7. The maximum Gasteiger partial charge on any atom is 0.573 e. The standard InChI is InChI=1S/C7H4F3I.C7H5F3O/c8-7(9,10)5-1-3-6(11)4-2-5;8-7(9,10)11-6-4-2-1-3-5-6/h1-4H;1-5H. The number of rotatable bonds is 1. The predicted molar refractivity (Wildman–Crippen MR) is 77.3 cm³/mol. The highest BCUT2D eigenvalue weighted by molar-refractivity contribution is 14.1. The fourth-order valence-electron chi connectivity index (χ4n) is 1.26. The minimum atomic E-state index is -4.60. The average molecular weight is 434 g/mol. The maximum atomic E-state index is 11.9. The van der Waals surface area contributed by atoms with E-state index >= 15 is 0 Å². The van der Waals surface area contributed by atoms with Crippen molar-refractivity contribution in [2.75, 3.05) is 0 Å². The molecule has 0 aliphatic heterocycles. The van der Waals surface area contributed by atoms with Crippen molar-refractivity contribution in [1.29, 1.82) is 0 Å². The first-order valence-electron chi connectivity index (χ1n) is 5.71. The van der Waals surface area contributed by atoms with Crippen molar-refractivity contribution in [1.82, 2.24) is 0 Å². The van der Waals surface area contributed by atoms with Crippen LogP contribution in [0, 0.1) is 3.57 Å². The van der Waals surface area contributed by atoms with Gasteiger partial charge in [0.2, 0.25) is 0 Å². The van der Waals surface area contributed by atoms with E-state index in [1.807, 2.05) is 22.6 Å². The Kier molecular flexibility index (Phi) is 6.51. The second kappa shape index (κ2) is 7.70. The Balaban J connectivity index is 0.000000220. The molecule has 0 heterocycles. The molecule has 0 amide bonds. The number of halogens is 7. The Labute approximate surface area is 136 Å². The maximum absolute atomic E-state index is 11.9. The van der Waals surface area contributed by atoms with Crippen LogP contribution < -0.4 is 4.74 Å². The molecule has 0 unspecified atom stereocenters. The van der Waals surface area contributed by atoms with Crippen molar-refractivity contribution in [3.8, 4) is 5.75 Å². The summed E-state index contributed by atoms with van der Waals surface area (Å²) in [6.45, 7) is 0. The lowest BCUT2D eigenvalue weighted by Gasteiger charge is -2.07. The molecule has 2 aromatic carbocycles. The zero-order valence-electron chi connectivity index (χ0n) is 10.8. The molecule has 2 rings (SSSR count). The molecule has 0 aromatic heterocycles. The molecule has 0 saturated heterocycles. The van der Waals surface area contributed by atoms with Crippen LogP contribution in [-0.4, -0.2) is 6.36 Å². The minimum Gasteiger partial charge on any atom is -0.406 e. The third kappa shape index (κ3) is 7.53. The van der Waals surface area contributed by atoms with Crippen molar-refractivity contribution in [3.05, 3.63) is 63.7 Å². The van der Waals surface area contributed by atoms with Crippen LogP contribution in [0.3, 0.4) is 0 Å². The lowest BCUT2D eigenvalue weighted by molar-refractivity contribution is -0.274. The first-order chi connectivity index (χ1) is 10.1. The molecule has 0 spiro atoms. The van der Waals surface area contributed by atoms with E-state index in [-0.39, 0.29) is 5.75 Å². The minimum absolute atomic E-state index is 0.194. The van der Waals surface area contributed by atoms with Crippen molar-refractivity contribution in [2.45, 2.75) is 12.5 Å². The number of ether oxygens (including phenoxy) is 1. The van der Waals surface area contributed by atoms with Gasteiger partial charge in [-0.1, -0.05) is 18.2 Å². The van der Waals surface area contributed by atoms with E-state index in [9.17, 15) is 26.3 Å². The highest BCUT2D eigenvalue weighted by Gasteiger charge is 2.31. The molecular formula is C14H9F6IO. The molecule has 0 bridgehead atoms. The van der Waals surface area contributed by atoms with Gasteiger partial charge >= 0.3 is 12.5 Å². The summed E-state index contributed by atoms with van der Waals surface area (Å²) in [5.41, 5.74) is -0.599. The first kappa shape index (κ1) is 18.6. The van der Waals surface area contributed by atoms with Gasteiger partial charge in [0.15, 0.2) is 0 Å². The van der Waals surface area contributed by atoms with E-state index in [1.54, 1.807) is 6.07 Å². The highest BCUT2D eigenvalue weighted by atomic mass is 127. The van der Waals surface area contributed by atoms with Gasteiger partial charge in [-0.05, 0) is 59.0 Å². The normalized spacial score (nSPS) is 11.4. The number of alkyl halides is 6. The molecule has 22 heavy (non-hydrogen) atoms. The van der Waals surface area contributed by atoms with Crippen LogP contribution in [-0.2, 0) is 6.18 Å². The third-order valence-corrected chi connectivity index (χ3v) is 2.87. The monoisotopic (exact) mass is 434 g/mol. The van der Waals surface area contributed by atoms with Gasteiger partial charge in [0.05, 0.1) is 5.56 Å². The highest BCUT2D eigenvalue weighted by Crippen LogP contribution is 2.29. The fourth-order valence-corrected chi connectivity index (χ4v) is 1.62. The lowest BCUT2D eigenvalue weighted by atomic mass is 10.2. The first-order valence-corrected chi connectivity index (χ1v) is 6.79. The van der Waals surface area contributed by atoms with Gasteiger partial charge in [-0.25, -0.2) is 0 Å². The van der Waals surface area contributed by atoms with Crippen molar-refractivity contribution >= 4 is 22.6 Å². The van der Waals surface area contributed by atoms with Crippen LogP contribution in [0.15, 0.2) is 54.6 Å². The van der Waals surface area contributed by atoms with Gasteiger partial charge < -0.3 is 4.74 Å². The Morgan fingerprint density at radius 2 is 1.23 bits per heavy atom. The van der Waals surface area contributed by atoms with E-state index in [4.69, 9.17) is 0 Å². The molecule has 120 valence electrons. The molecule has 0 fully saturated rings. The topological polar surface area (TPSA) is 9.23 Å². The molecule has 0 saturated carbocycles. The molecule has 0 aliphatic rings. The lowest BCUT2D eigenvalue weighted by Crippen LogP contribution is -2.16. The van der Waals surface area contributed by atoms with Gasteiger partial charge in [-0.2, -0.15) is 13.2 Å². The smallest absolute Gasteiger partial charge is 0.406 e. The number of hydrogen-bond acceptors (Lipinski definition) is 1. The zero-order chi connectivity index (χ0) is 16.8. The Morgan fingerprint density at radius 1 is 0.727 bits per heavy atom. The summed E-state index contributed by atoms with van der Waals surface area (Å²) in [7, 11) is 0. The second-order valence-corrected chi connectivity index (χ2v) is 5.11. The van der Waals surface area contributed by atoms with Crippen LogP contribution in [0.4, 0.5) is 26.3 Å². The van der Waals surface area contributed by atoms with Gasteiger partial charge in [-0.3, -0.25) is 0 Å². The van der Waals surface area contributed by atoms with E-state index < -0.39 is 18.1 Å². The predicted octanol–water partition coefficient (Wildman–Crippen LogP) is 5.90. The van der Waals surface area contributed by atoms with Crippen molar-refractivity contribution in [2.24, 2.45) is 0 Å². The quantitative estimate of drug-likeness (QED) is 0.402. The van der Waals surface area contributed by atoms with Crippen LogP contribution in [0.5, 0.6) is 5.75 Å². The summed E-state index contributed by atoms with van der Waals surface area (Å²) in [6.07, 6.45) is -8.81.